The number of esters is 2. The Labute approximate surface area is 158 Å². The zero-order valence-corrected chi connectivity index (χ0v) is 15.4. The summed E-state index contributed by atoms with van der Waals surface area (Å²) in [5.74, 6) is 0.393. The van der Waals surface area contributed by atoms with E-state index in [-0.39, 0.29) is 11.9 Å². The maximum absolute atomic E-state index is 10.9. The van der Waals surface area contributed by atoms with Gasteiger partial charge in [-0.15, -0.1) is 0 Å². The van der Waals surface area contributed by atoms with Crippen molar-refractivity contribution in [1.29, 1.82) is 0 Å². The Kier molecular flexibility index (Phi) is 8.00. The maximum Gasteiger partial charge on any atom is 0.308 e. The average Bonchev–Trinajstić information content (AvgIpc) is 2.63. The fourth-order valence-electron chi connectivity index (χ4n) is 2.20. The van der Waals surface area contributed by atoms with Crippen LogP contribution in [0, 0.1) is 0 Å². The van der Waals surface area contributed by atoms with E-state index in [1.807, 2.05) is 48.6 Å². The van der Waals surface area contributed by atoms with Gasteiger partial charge in [-0.2, -0.15) is 0 Å². The summed E-state index contributed by atoms with van der Waals surface area (Å²) < 4.78 is 15.5. The molecule has 0 unspecified atom stereocenters. The first-order valence-corrected chi connectivity index (χ1v) is 8.51. The van der Waals surface area contributed by atoms with E-state index in [9.17, 15) is 9.59 Å². The van der Waals surface area contributed by atoms with E-state index in [2.05, 4.69) is 0 Å². The van der Waals surface area contributed by atoms with Gasteiger partial charge in [0.2, 0.25) is 0 Å². The highest BCUT2D eigenvalue weighted by atomic mass is 16.5. The van der Waals surface area contributed by atoms with Crippen molar-refractivity contribution in [3.05, 3.63) is 71.8 Å². The van der Waals surface area contributed by atoms with Crippen molar-refractivity contribution in [1.82, 2.24) is 0 Å². The number of hydrogen-bond acceptors (Lipinski definition) is 5. The summed E-state index contributed by atoms with van der Waals surface area (Å²) in [6.45, 7) is 3.72. The Morgan fingerprint density at radius 3 is 1.41 bits per heavy atom. The van der Waals surface area contributed by atoms with Gasteiger partial charge in [0, 0.05) is 13.8 Å². The van der Waals surface area contributed by atoms with Gasteiger partial charge < -0.3 is 14.2 Å². The van der Waals surface area contributed by atoms with Gasteiger partial charge in [0.15, 0.2) is 0 Å². The monoisotopic (exact) mass is 366 g/mol. The number of hydrogen-bond donors (Lipinski definition) is 0. The Morgan fingerprint density at radius 2 is 1.07 bits per heavy atom. The molecule has 2 rings (SSSR count). The molecule has 140 valence electrons. The molecule has 0 N–H and O–H groups in total. The van der Waals surface area contributed by atoms with Crippen LogP contribution in [0.15, 0.2) is 60.7 Å². The second-order valence-electron chi connectivity index (χ2n) is 5.67. The first-order valence-electron chi connectivity index (χ1n) is 8.51. The van der Waals surface area contributed by atoms with E-state index in [0.29, 0.717) is 24.7 Å². The number of rotatable bonds is 8. The summed E-state index contributed by atoms with van der Waals surface area (Å²) in [7, 11) is 0. The molecule has 0 heterocycles. The number of ether oxygens (including phenoxy) is 3. The van der Waals surface area contributed by atoms with E-state index in [0.717, 1.165) is 11.1 Å². The lowest BCUT2D eigenvalue weighted by atomic mass is 10.2. The van der Waals surface area contributed by atoms with E-state index in [1.165, 1.54) is 13.8 Å². The van der Waals surface area contributed by atoms with Crippen molar-refractivity contribution >= 4 is 24.1 Å². The van der Waals surface area contributed by atoms with Crippen LogP contribution >= 0.6 is 0 Å². The van der Waals surface area contributed by atoms with E-state index < -0.39 is 0 Å². The highest BCUT2D eigenvalue weighted by Gasteiger charge is 1.97. The third-order valence-electron chi connectivity index (χ3n) is 3.33. The van der Waals surface area contributed by atoms with Crippen LogP contribution in [0.1, 0.15) is 25.0 Å². The molecule has 0 fully saturated rings. The fraction of sp³-hybridized carbons (Fsp3) is 0.182. The van der Waals surface area contributed by atoms with Gasteiger partial charge in [0.25, 0.3) is 0 Å². The topological polar surface area (TPSA) is 61.8 Å². The third kappa shape index (κ3) is 8.16. The van der Waals surface area contributed by atoms with Crippen molar-refractivity contribution in [2.24, 2.45) is 0 Å². The third-order valence-corrected chi connectivity index (χ3v) is 3.33. The van der Waals surface area contributed by atoms with Gasteiger partial charge in [0.05, 0.1) is 13.2 Å². The van der Waals surface area contributed by atoms with Crippen LogP contribution < -0.4 is 9.47 Å². The quantitative estimate of drug-likeness (QED) is 0.396. The maximum atomic E-state index is 10.9. The SMILES string of the molecule is CC(=O)Oc1ccc(/C=C/COC/C=C/c2ccc(OC(C)=O)cc2)cc1. The van der Waals surface area contributed by atoms with Crippen molar-refractivity contribution in [2.75, 3.05) is 13.2 Å². The van der Waals surface area contributed by atoms with Crippen molar-refractivity contribution in [3.63, 3.8) is 0 Å². The molecule has 0 spiro atoms. The lowest BCUT2D eigenvalue weighted by Gasteiger charge is -2.01. The summed E-state index contributed by atoms with van der Waals surface area (Å²) in [4.78, 5) is 21.7. The summed E-state index contributed by atoms with van der Waals surface area (Å²) in [5, 5.41) is 0. The molecule has 0 amide bonds. The minimum Gasteiger partial charge on any atom is -0.427 e. The average molecular weight is 366 g/mol. The Balaban J connectivity index is 1.69. The van der Waals surface area contributed by atoms with Gasteiger partial charge in [-0.05, 0) is 35.4 Å². The van der Waals surface area contributed by atoms with E-state index >= 15 is 0 Å². The van der Waals surface area contributed by atoms with Crippen LogP contribution in [0.25, 0.3) is 12.2 Å². The molecule has 0 radical (unpaired) electrons. The van der Waals surface area contributed by atoms with Crippen LogP contribution in [0.5, 0.6) is 11.5 Å². The summed E-state index contributed by atoms with van der Waals surface area (Å²) in [6, 6.07) is 14.5. The molecule has 0 aliphatic carbocycles. The first kappa shape index (κ1) is 20.1. The number of benzene rings is 2. The molecule has 0 aromatic heterocycles. The Hall–Kier alpha value is -3.18. The lowest BCUT2D eigenvalue weighted by molar-refractivity contribution is -0.132. The van der Waals surface area contributed by atoms with Gasteiger partial charge in [-0.25, -0.2) is 0 Å². The molecular weight excluding hydrogens is 344 g/mol. The van der Waals surface area contributed by atoms with Crippen LogP contribution in [0.4, 0.5) is 0 Å². The molecule has 0 bridgehead atoms. The molecule has 2 aromatic rings. The van der Waals surface area contributed by atoms with Crippen LogP contribution in [-0.4, -0.2) is 25.2 Å². The molecule has 0 aliphatic heterocycles. The second-order valence-corrected chi connectivity index (χ2v) is 5.67. The minimum absolute atomic E-state index is 0.333. The molecular formula is C22H22O5. The number of carbonyl (C=O) groups is 2. The smallest absolute Gasteiger partial charge is 0.308 e. The molecule has 5 nitrogen and oxygen atoms in total. The molecule has 0 aliphatic rings. The molecule has 0 atom stereocenters. The standard InChI is InChI=1S/C22H22O5/c1-17(23)26-21-11-7-19(8-12-21)5-3-15-25-16-4-6-20-9-13-22(14-10-20)27-18(2)24/h3-14H,15-16H2,1-2H3/b5-3+,6-4+. The van der Waals surface area contributed by atoms with Crippen LogP contribution in [-0.2, 0) is 14.3 Å². The highest BCUT2D eigenvalue weighted by Crippen LogP contribution is 2.14. The van der Waals surface area contributed by atoms with Crippen molar-refractivity contribution < 1.29 is 23.8 Å². The second kappa shape index (κ2) is 10.7. The zero-order valence-electron chi connectivity index (χ0n) is 15.4. The zero-order chi connectivity index (χ0) is 19.5. The Bertz CT molecular complexity index is 732. The van der Waals surface area contributed by atoms with Gasteiger partial charge in [-0.3, -0.25) is 9.59 Å². The molecule has 5 heteroatoms. The lowest BCUT2D eigenvalue weighted by Crippen LogP contribution is -2.00. The van der Waals surface area contributed by atoms with Crippen molar-refractivity contribution in [3.8, 4) is 11.5 Å². The summed E-state index contributed by atoms with van der Waals surface area (Å²) >= 11 is 0. The van der Waals surface area contributed by atoms with Crippen LogP contribution in [0.2, 0.25) is 0 Å². The molecule has 0 saturated carbocycles. The normalized spacial score (nSPS) is 11.0. The van der Waals surface area contributed by atoms with Crippen molar-refractivity contribution in [2.45, 2.75) is 13.8 Å². The summed E-state index contributed by atoms with van der Waals surface area (Å²) in [6.07, 6.45) is 7.72. The van der Waals surface area contributed by atoms with Gasteiger partial charge in [-0.1, -0.05) is 48.6 Å². The van der Waals surface area contributed by atoms with E-state index in [4.69, 9.17) is 14.2 Å². The van der Waals surface area contributed by atoms with Crippen LogP contribution in [0.3, 0.4) is 0 Å². The van der Waals surface area contributed by atoms with E-state index in [1.54, 1.807) is 24.3 Å². The predicted molar refractivity (Wildman–Crippen MR) is 104 cm³/mol. The molecule has 2 aromatic carbocycles. The highest BCUT2D eigenvalue weighted by molar-refractivity contribution is 5.70. The fourth-order valence-corrected chi connectivity index (χ4v) is 2.20. The van der Waals surface area contributed by atoms with Gasteiger partial charge in [0.1, 0.15) is 11.5 Å². The first-order chi connectivity index (χ1) is 13.0. The number of carbonyl (C=O) groups excluding carboxylic acids is 2. The predicted octanol–water partition coefficient (Wildman–Crippen LogP) is 4.28. The molecule has 0 saturated heterocycles. The largest absolute Gasteiger partial charge is 0.427 e. The minimum atomic E-state index is -0.333. The summed E-state index contributed by atoms with van der Waals surface area (Å²) in [5.41, 5.74) is 2.00. The Morgan fingerprint density at radius 1 is 0.704 bits per heavy atom. The van der Waals surface area contributed by atoms with Gasteiger partial charge >= 0.3 is 11.9 Å². The molecule has 27 heavy (non-hydrogen) atoms.